The van der Waals surface area contributed by atoms with Crippen LogP contribution in [0.1, 0.15) is 29.6 Å². The van der Waals surface area contributed by atoms with E-state index in [1.165, 1.54) is 0 Å². The molecule has 22 heavy (non-hydrogen) atoms. The van der Waals surface area contributed by atoms with E-state index in [1.54, 1.807) is 31.4 Å². The van der Waals surface area contributed by atoms with Crippen LogP contribution < -0.4 is 10.6 Å². The number of methoxy groups -OCH3 is 1. The van der Waals surface area contributed by atoms with Crippen molar-refractivity contribution in [2.24, 2.45) is 0 Å². The molecule has 1 saturated heterocycles. The maximum absolute atomic E-state index is 11.9. The molecule has 2 rings (SSSR count). The van der Waals surface area contributed by atoms with Gasteiger partial charge < -0.3 is 20.1 Å². The van der Waals surface area contributed by atoms with Crippen LogP contribution in [0.25, 0.3) is 0 Å². The highest BCUT2D eigenvalue weighted by Gasteiger charge is 2.23. The summed E-state index contributed by atoms with van der Waals surface area (Å²) < 4.78 is 10.2. The first-order valence-electron chi connectivity index (χ1n) is 7.50. The van der Waals surface area contributed by atoms with E-state index in [9.17, 15) is 9.59 Å². The van der Waals surface area contributed by atoms with E-state index in [0.717, 1.165) is 19.3 Å². The lowest BCUT2D eigenvalue weighted by molar-refractivity contribution is -0.124. The van der Waals surface area contributed by atoms with E-state index >= 15 is 0 Å². The summed E-state index contributed by atoms with van der Waals surface area (Å²) in [6.45, 7) is 1.83. The fourth-order valence-electron chi connectivity index (χ4n) is 2.23. The van der Waals surface area contributed by atoms with E-state index in [4.69, 9.17) is 9.47 Å². The highest BCUT2D eigenvalue weighted by atomic mass is 16.5. The quantitative estimate of drug-likeness (QED) is 0.750. The molecule has 0 radical (unpaired) electrons. The van der Waals surface area contributed by atoms with Crippen LogP contribution in [0.15, 0.2) is 24.3 Å². The van der Waals surface area contributed by atoms with Gasteiger partial charge in [0.05, 0.1) is 0 Å². The zero-order valence-electron chi connectivity index (χ0n) is 12.8. The van der Waals surface area contributed by atoms with Gasteiger partial charge in [0.2, 0.25) is 0 Å². The van der Waals surface area contributed by atoms with Crippen LogP contribution >= 0.6 is 0 Å². The third-order valence-electron chi connectivity index (χ3n) is 3.45. The second-order valence-electron chi connectivity index (χ2n) is 5.17. The van der Waals surface area contributed by atoms with Crippen LogP contribution in [0.4, 0.5) is 5.69 Å². The summed E-state index contributed by atoms with van der Waals surface area (Å²) in [4.78, 5) is 23.8. The zero-order chi connectivity index (χ0) is 15.8. The van der Waals surface area contributed by atoms with Gasteiger partial charge in [-0.2, -0.15) is 0 Å². The number of amides is 2. The van der Waals surface area contributed by atoms with Gasteiger partial charge >= 0.3 is 0 Å². The first-order chi connectivity index (χ1) is 10.7. The summed E-state index contributed by atoms with van der Waals surface area (Å²) in [5, 5.41) is 5.61. The van der Waals surface area contributed by atoms with Crippen molar-refractivity contribution in [3.63, 3.8) is 0 Å². The first kappa shape index (κ1) is 16.5. The molecule has 1 fully saturated rings. The molecule has 1 aromatic carbocycles. The van der Waals surface area contributed by atoms with Gasteiger partial charge in [0.1, 0.15) is 6.10 Å². The summed E-state index contributed by atoms with van der Waals surface area (Å²) in [5.41, 5.74) is 1.23. The number of hydrogen-bond donors (Lipinski definition) is 2. The first-order valence-corrected chi connectivity index (χ1v) is 7.50. The topological polar surface area (TPSA) is 76.7 Å². The normalized spacial score (nSPS) is 17.2. The summed E-state index contributed by atoms with van der Waals surface area (Å²) in [6.07, 6.45) is 2.09. The predicted octanol–water partition coefficient (Wildman–Crippen LogP) is 1.57. The SMILES string of the molecule is COCCCNC(=O)c1ccc(NC(=O)[C@H]2CCCO2)cc1. The van der Waals surface area contributed by atoms with Crippen LogP contribution in [-0.4, -0.2) is 44.8 Å². The van der Waals surface area contributed by atoms with Crippen LogP contribution in [0.3, 0.4) is 0 Å². The molecule has 2 amide bonds. The van der Waals surface area contributed by atoms with Crippen molar-refractivity contribution in [1.82, 2.24) is 5.32 Å². The summed E-state index contributed by atoms with van der Waals surface area (Å²) in [5.74, 6) is -0.262. The van der Waals surface area contributed by atoms with Crippen LogP contribution in [0.5, 0.6) is 0 Å². The largest absolute Gasteiger partial charge is 0.385 e. The lowest BCUT2D eigenvalue weighted by atomic mass is 10.1. The molecule has 1 aliphatic heterocycles. The van der Waals surface area contributed by atoms with Crippen molar-refractivity contribution in [3.05, 3.63) is 29.8 Å². The molecule has 1 atom stereocenters. The third-order valence-corrected chi connectivity index (χ3v) is 3.45. The smallest absolute Gasteiger partial charge is 0.253 e. The molecule has 6 heteroatoms. The van der Waals surface area contributed by atoms with E-state index in [0.29, 0.717) is 31.0 Å². The Labute approximate surface area is 130 Å². The van der Waals surface area contributed by atoms with Gasteiger partial charge in [0.25, 0.3) is 11.8 Å². The van der Waals surface area contributed by atoms with Gasteiger partial charge in [0.15, 0.2) is 0 Å². The standard InChI is InChI=1S/C16H22N2O4/c1-21-10-3-9-17-15(19)12-5-7-13(8-6-12)18-16(20)14-4-2-11-22-14/h5-8,14H,2-4,9-11H2,1H3,(H,17,19)(H,18,20)/t14-/m1/s1. The highest BCUT2D eigenvalue weighted by molar-refractivity contribution is 5.96. The van der Waals surface area contributed by atoms with E-state index < -0.39 is 0 Å². The minimum atomic E-state index is -0.358. The maximum Gasteiger partial charge on any atom is 0.253 e. The van der Waals surface area contributed by atoms with Crippen molar-refractivity contribution >= 4 is 17.5 Å². The monoisotopic (exact) mass is 306 g/mol. The minimum Gasteiger partial charge on any atom is -0.385 e. The molecular weight excluding hydrogens is 284 g/mol. The molecule has 2 N–H and O–H groups in total. The highest BCUT2D eigenvalue weighted by Crippen LogP contribution is 2.15. The number of nitrogens with one attached hydrogen (secondary N) is 2. The number of carbonyl (C=O) groups is 2. The molecule has 1 heterocycles. The van der Waals surface area contributed by atoms with Crippen LogP contribution in [0, 0.1) is 0 Å². The van der Waals surface area contributed by atoms with Gasteiger partial charge in [-0.3, -0.25) is 9.59 Å². The summed E-state index contributed by atoms with van der Waals surface area (Å²) >= 11 is 0. The molecule has 0 spiro atoms. The zero-order valence-corrected chi connectivity index (χ0v) is 12.8. The van der Waals surface area contributed by atoms with Crippen LogP contribution in [0.2, 0.25) is 0 Å². The molecule has 0 unspecified atom stereocenters. The van der Waals surface area contributed by atoms with Gasteiger partial charge in [0, 0.05) is 38.1 Å². The van der Waals surface area contributed by atoms with Crippen molar-refractivity contribution < 1.29 is 19.1 Å². The number of hydrogen-bond acceptors (Lipinski definition) is 4. The average Bonchev–Trinajstić information content (AvgIpc) is 3.06. The Morgan fingerprint density at radius 3 is 2.73 bits per heavy atom. The second kappa shape index (κ2) is 8.51. The lowest BCUT2D eigenvalue weighted by Crippen LogP contribution is -2.27. The Balaban J connectivity index is 1.81. The fraction of sp³-hybridized carbons (Fsp3) is 0.500. The second-order valence-corrected chi connectivity index (χ2v) is 5.17. The van der Waals surface area contributed by atoms with E-state index in [-0.39, 0.29) is 17.9 Å². The Kier molecular flexibility index (Phi) is 6.36. The Morgan fingerprint density at radius 2 is 2.09 bits per heavy atom. The Morgan fingerprint density at radius 1 is 1.32 bits per heavy atom. The summed E-state index contributed by atoms with van der Waals surface area (Å²) in [7, 11) is 1.63. The Bertz CT molecular complexity index is 495. The molecule has 0 saturated carbocycles. The number of benzene rings is 1. The lowest BCUT2D eigenvalue weighted by Gasteiger charge is -2.11. The van der Waals surface area contributed by atoms with Crippen molar-refractivity contribution in [2.75, 3.05) is 32.2 Å². The molecule has 120 valence electrons. The number of ether oxygens (including phenoxy) is 2. The Hall–Kier alpha value is -1.92. The molecule has 1 aliphatic rings. The average molecular weight is 306 g/mol. The van der Waals surface area contributed by atoms with E-state index in [1.807, 2.05) is 0 Å². The van der Waals surface area contributed by atoms with Gasteiger partial charge in [-0.05, 0) is 43.5 Å². The van der Waals surface area contributed by atoms with Crippen molar-refractivity contribution in [2.45, 2.75) is 25.4 Å². The minimum absolute atomic E-state index is 0.130. The number of carbonyl (C=O) groups excluding carboxylic acids is 2. The van der Waals surface area contributed by atoms with Gasteiger partial charge in [-0.15, -0.1) is 0 Å². The third kappa shape index (κ3) is 4.82. The molecule has 0 aromatic heterocycles. The molecule has 0 bridgehead atoms. The number of rotatable bonds is 7. The van der Waals surface area contributed by atoms with Crippen molar-refractivity contribution in [3.8, 4) is 0 Å². The van der Waals surface area contributed by atoms with Gasteiger partial charge in [-0.1, -0.05) is 0 Å². The fourth-order valence-corrected chi connectivity index (χ4v) is 2.23. The van der Waals surface area contributed by atoms with E-state index in [2.05, 4.69) is 10.6 Å². The van der Waals surface area contributed by atoms with Gasteiger partial charge in [-0.25, -0.2) is 0 Å². The molecular formula is C16H22N2O4. The van der Waals surface area contributed by atoms with Crippen molar-refractivity contribution in [1.29, 1.82) is 0 Å². The van der Waals surface area contributed by atoms with Crippen LogP contribution in [-0.2, 0) is 14.3 Å². The molecule has 0 aliphatic carbocycles. The maximum atomic E-state index is 11.9. The molecule has 1 aromatic rings. The predicted molar refractivity (Wildman–Crippen MR) is 82.9 cm³/mol. The molecule has 6 nitrogen and oxygen atoms in total. The number of anilines is 1. The summed E-state index contributed by atoms with van der Waals surface area (Å²) in [6, 6.07) is 6.82.